The van der Waals surface area contributed by atoms with Gasteiger partial charge in [0.2, 0.25) is 0 Å². The smallest absolute Gasteiger partial charge is 0.380 e. The molecule has 0 aromatic heterocycles. The molecule has 0 bridgehead atoms. The summed E-state index contributed by atoms with van der Waals surface area (Å²) in [6.07, 6.45) is 0. The average molecular weight is 222 g/mol. The molecule has 0 radical (unpaired) electrons. The lowest BCUT2D eigenvalue weighted by molar-refractivity contribution is -0.163. The van der Waals surface area contributed by atoms with Crippen molar-refractivity contribution in [2.45, 2.75) is 5.85 Å². The first-order chi connectivity index (χ1) is 5.78. The van der Waals surface area contributed by atoms with Crippen LogP contribution in [0.2, 0.25) is 0 Å². The molecule has 0 saturated carbocycles. The molecule has 0 rings (SSSR count). The highest BCUT2D eigenvalue weighted by atomic mass is 27.0. The largest absolute Gasteiger partial charge is 0.476 e. The molecule has 0 heterocycles. The summed E-state index contributed by atoms with van der Waals surface area (Å²) in [5.74, 6) is -4.91. The Morgan fingerprint density at radius 2 is 1.36 bits per heavy atom. The zero-order valence-electron chi connectivity index (χ0n) is 6.27. The molecule has 0 aliphatic rings. The Kier molecular flexibility index (Phi) is 5.66. The molecule has 0 fully saturated rings. The summed E-state index contributed by atoms with van der Waals surface area (Å²) >= 11 is 0. The van der Waals surface area contributed by atoms with Crippen LogP contribution < -0.4 is 22.1 Å². The van der Waals surface area contributed by atoms with E-state index >= 15 is 0 Å². The molecule has 10 heteroatoms. The van der Waals surface area contributed by atoms with Gasteiger partial charge in [0.1, 0.15) is 0 Å². The molecule has 80 valence electrons. The molecule has 0 atom stereocenters. The van der Waals surface area contributed by atoms with E-state index in [2.05, 4.69) is 11.5 Å². The van der Waals surface area contributed by atoms with Crippen LogP contribution in [0.25, 0.3) is 0 Å². The van der Waals surface area contributed by atoms with E-state index in [9.17, 15) is 14.4 Å². The Balaban J connectivity index is 0. The van der Waals surface area contributed by atoms with Gasteiger partial charge in [-0.2, -0.15) is 0 Å². The lowest BCUT2D eigenvalue weighted by Crippen LogP contribution is -2.67. The van der Waals surface area contributed by atoms with Crippen molar-refractivity contribution in [3.05, 3.63) is 0 Å². The summed E-state index contributed by atoms with van der Waals surface area (Å²) in [7, 11) is 0. The maximum absolute atomic E-state index is 10.3. The summed E-state index contributed by atoms with van der Waals surface area (Å²) in [5.41, 5.74) is 9.05. The quantitative estimate of drug-likeness (QED) is 0.210. The van der Waals surface area contributed by atoms with Crippen molar-refractivity contribution in [1.29, 1.82) is 0 Å². The lowest BCUT2D eigenvalue weighted by atomic mass is 10.4. The first-order valence-corrected chi connectivity index (χ1v) is 2.89. The van der Waals surface area contributed by atoms with Crippen molar-refractivity contribution < 1.29 is 24.6 Å². The maximum atomic E-state index is 10.3. The number of nitrogens with one attached hydrogen (secondary N) is 2. The molecule has 0 saturated heterocycles. The number of hydrogen-bond donors (Lipinski definition) is 6. The van der Waals surface area contributed by atoms with Gasteiger partial charge in [-0.05, 0) is 0 Å². The van der Waals surface area contributed by atoms with Gasteiger partial charge in [0, 0.05) is 0 Å². The number of rotatable bonds is 3. The number of carbonyl (C=O) groups excluding carboxylic acids is 2. The summed E-state index contributed by atoms with van der Waals surface area (Å²) in [6, 6.07) is -2.67. The van der Waals surface area contributed by atoms with Gasteiger partial charge in [0.25, 0.3) is 0 Å². The molecular weight excluding hydrogens is 211 g/mol. The molecule has 0 aliphatic heterocycles. The van der Waals surface area contributed by atoms with Gasteiger partial charge in [0.05, 0.1) is 0 Å². The normalized spacial score (nSPS) is 9.50. The Morgan fingerprint density at radius 3 is 1.50 bits per heavy atom. The van der Waals surface area contributed by atoms with Gasteiger partial charge in [-0.1, -0.05) is 0 Å². The molecule has 0 unspecified atom stereocenters. The second-order valence-electron chi connectivity index (χ2n) is 1.99. The van der Waals surface area contributed by atoms with E-state index in [-0.39, 0.29) is 17.4 Å². The van der Waals surface area contributed by atoms with Crippen molar-refractivity contribution >= 4 is 35.4 Å². The number of primary amides is 2. The third kappa shape index (κ3) is 4.51. The third-order valence-electron chi connectivity index (χ3n) is 0.918. The second kappa shape index (κ2) is 5.28. The minimum atomic E-state index is -2.99. The second-order valence-corrected chi connectivity index (χ2v) is 1.99. The maximum Gasteiger partial charge on any atom is 0.380 e. The number of aliphatic hydroxyl groups is 1. The molecule has 0 spiro atoms. The van der Waals surface area contributed by atoms with Crippen LogP contribution in [0.1, 0.15) is 0 Å². The topological polar surface area (TPSA) is 168 Å². The number of carboxylic acid groups (broad SMARTS) is 1. The molecule has 0 aromatic rings. The minimum absolute atomic E-state index is 0. The van der Waals surface area contributed by atoms with Crippen LogP contribution in [0, 0.1) is 0 Å². The Labute approximate surface area is 88.6 Å². The summed E-state index contributed by atoms with van der Waals surface area (Å²) < 4.78 is 0. The third-order valence-corrected chi connectivity index (χ3v) is 0.918. The number of carboxylic acids is 1. The number of nitrogens with two attached hydrogens (primary N) is 2. The molecule has 8 N–H and O–H groups in total. The summed E-state index contributed by atoms with van der Waals surface area (Å²) in [4.78, 5) is 30.7. The first-order valence-electron chi connectivity index (χ1n) is 2.89. The van der Waals surface area contributed by atoms with Crippen LogP contribution in [-0.2, 0) is 4.79 Å². The number of hydrogen-bond acceptors (Lipinski definition) is 4. The van der Waals surface area contributed by atoms with E-state index in [0.717, 1.165) is 0 Å². The van der Waals surface area contributed by atoms with Crippen LogP contribution in [0.5, 0.6) is 0 Å². The number of aliphatic carboxylic acids is 1. The highest BCUT2D eigenvalue weighted by Crippen LogP contribution is 1.93. The fourth-order valence-corrected chi connectivity index (χ4v) is 0.495. The minimum Gasteiger partial charge on any atom is -0.476 e. The Hall–Kier alpha value is -1.50. The van der Waals surface area contributed by atoms with Crippen molar-refractivity contribution in [3.63, 3.8) is 0 Å². The van der Waals surface area contributed by atoms with Gasteiger partial charge in [0.15, 0.2) is 17.4 Å². The van der Waals surface area contributed by atoms with Crippen LogP contribution in [0.4, 0.5) is 9.59 Å². The van der Waals surface area contributed by atoms with Gasteiger partial charge in [-0.25, -0.2) is 14.4 Å². The van der Waals surface area contributed by atoms with E-state index in [4.69, 9.17) is 10.2 Å². The molecule has 0 aliphatic carbocycles. The zero-order chi connectivity index (χ0) is 10.6. The summed E-state index contributed by atoms with van der Waals surface area (Å²) in [5, 5.41) is 20.1. The first kappa shape index (κ1) is 15.0. The van der Waals surface area contributed by atoms with E-state index in [1.54, 1.807) is 0 Å². The monoisotopic (exact) mass is 222 g/mol. The van der Waals surface area contributed by atoms with Crippen molar-refractivity contribution in [3.8, 4) is 0 Å². The number of amides is 4. The molecule has 4 amide bonds. The summed E-state index contributed by atoms with van der Waals surface area (Å²) in [6.45, 7) is 0. The van der Waals surface area contributed by atoms with Crippen LogP contribution in [-0.4, -0.2) is 51.5 Å². The highest BCUT2D eigenvalue weighted by molar-refractivity contribution is 5.87. The van der Waals surface area contributed by atoms with Gasteiger partial charge in [-0.3, -0.25) is 10.6 Å². The average Bonchev–Trinajstić information content (AvgIpc) is 1.82. The molecule has 9 nitrogen and oxygen atoms in total. The van der Waals surface area contributed by atoms with E-state index in [1.807, 2.05) is 0 Å². The van der Waals surface area contributed by atoms with E-state index in [1.165, 1.54) is 10.6 Å². The van der Waals surface area contributed by atoms with Crippen LogP contribution in [0.15, 0.2) is 0 Å². The van der Waals surface area contributed by atoms with Crippen LogP contribution in [0.3, 0.4) is 0 Å². The standard InChI is InChI=1S/C4H8N4O5.Al.3H/c5-2(11)7-4(13,1(9)10)8-3(6)12;;;;/h13H,(H,9,10)(H3,5,7,11)(H3,6,8,12);;;;. The Bertz CT molecular complexity index is 240. The van der Waals surface area contributed by atoms with E-state index < -0.39 is 23.9 Å². The van der Waals surface area contributed by atoms with E-state index in [0.29, 0.717) is 0 Å². The molecular formula is C4H11AlN4O5. The predicted molar refractivity (Wildman–Crippen MR) is 48.0 cm³/mol. The van der Waals surface area contributed by atoms with Gasteiger partial charge in [-0.15, -0.1) is 0 Å². The predicted octanol–water partition coefficient (Wildman–Crippen LogP) is -4.13. The number of carbonyl (C=O) groups is 3. The number of urea groups is 2. The molecule has 14 heavy (non-hydrogen) atoms. The van der Waals surface area contributed by atoms with Crippen molar-refractivity contribution in [2.24, 2.45) is 11.5 Å². The highest BCUT2D eigenvalue weighted by Gasteiger charge is 2.38. The molecule has 0 aromatic carbocycles. The SMILES string of the molecule is NC(=O)NC(O)(NC(N)=O)C(=O)O.[AlH3]. The fourth-order valence-electron chi connectivity index (χ4n) is 0.495. The lowest BCUT2D eigenvalue weighted by Gasteiger charge is -2.22. The van der Waals surface area contributed by atoms with Crippen LogP contribution >= 0.6 is 0 Å². The zero-order valence-corrected chi connectivity index (χ0v) is 6.27. The van der Waals surface area contributed by atoms with Gasteiger partial charge < -0.3 is 21.7 Å². The Morgan fingerprint density at radius 1 is 1.07 bits per heavy atom. The van der Waals surface area contributed by atoms with Crippen molar-refractivity contribution in [2.75, 3.05) is 0 Å². The van der Waals surface area contributed by atoms with Gasteiger partial charge >= 0.3 is 23.9 Å². The fraction of sp³-hybridized carbons (Fsp3) is 0.250. The van der Waals surface area contributed by atoms with Crippen molar-refractivity contribution in [1.82, 2.24) is 10.6 Å².